The van der Waals surface area contributed by atoms with Gasteiger partial charge in [-0.15, -0.1) is 5.10 Å². The fourth-order valence-electron chi connectivity index (χ4n) is 3.47. The molecule has 1 aliphatic rings. The van der Waals surface area contributed by atoms with Gasteiger partial charge in [0.25, 0.3) is 5.56 Å². The van der Waals surface area contributed by atoms with Crippen molar-refractivity contribution in [1.82, 2.24) is 19.9 Å². The summed E-state index contributed by atoms with van der Waals surface area (Å²) >= 11 is 0. The van der Waals surface area contributed by atoms with Crippen LogP contribution in [-0.4, -0.2) is 53.4 Å². The van der Waals surface area contributed by atoms with Crippen molar-refractivity contribution in [1.29, 1.82) is 0 Å². The maximum Gasteiger partial charge on any atom is 0.356 e. The Balaban J connectivity index is 1.93. The molecule has 0 unspecified atom stereocenters. The number of fused-ring (bicyclic) bond motifs is 1. The van der Waals surface area contributed by atoms with Crippen molar-refractivity contribution in [2.45, 2.75) is 13.8 Å². The molecule has 3 heterocycles. The normalized spacial score (nSPS) is 14.4. The van der Waals surface area contributed by atoms with Gasteiger partial charge in [0.1, 0.15) is 11.2 Å². The summed E-state index contributed by atoms with van der Waals surface area (Å²) in [5, 5.41) is 8.02. The summed E-state index contributed by atoms with van der Waals surface area (Å²) in [5.74, 6) is 0.175. The first-order valence-corrected chi connectivity index (χ1v) is 9.44. The van der Waals surface area contributed by atoms with Gasteiger partial charge in [-0.25, -0.2) is 9.31 Å². The molecule has 1 aromatic carbocycles. The van der Waals surface area contributed by atoms with Crippen LogP contribution in [0.2, 0.25) is 0 Å². The number of ether oxygens (including phenoxy) is 1. The third kappa shape index (κ3) is 3.27. The smallest absolute Gasteiger partial charge is 0.356 e. The Hall–Kier alpha value is -3.13. The summed E-state index contributed by atoms with van der Waals surface area (Å²) in [6, 6.07) is 8.02. The molecule has 146 valence electrons. The molecule has 0 bridgehead atoms. The van der Waals surface area contributed by atoms with Gasteiger partial charge in [-0.1, -0.05) is 29.8 Å². The Morgan fingerprint density at radius 2 is 1.93 bits per heavy atom. The first-order valence-electron chi connectivity index (χ1n) is 9.44. The molecule has 0 amide bonds. The average molecular weight is 381 g/mol. The van der Waals surface area contributed by atoms with E-state index in [1.807, 2.05) is 31.2 Å². The molecular weight excluding hydrogens is 358 g/mol. The van der Waals surface area contributed by atoms with Crippen LogP contribution in [0.1, 0.15) is 23.0 Å². The number of esters is 1. The molecule has 8 nitrogen and oxygen atoms in total. The molecule has 0 spiro atoms. The van der Waals surface area contributed by atoms with Crippen molar-refractivity contribution < 1.29 is 9.53 Å². The predicted octanol–water partition coefficient (Wildman–Crippen LogP) is 1.58. The van der Waals surface area contributed by atoms with Crippen LogP contribution < -0.4 is 15.8 Å². The number of nitrogens with one attached hydrogen (secondary N) is 2. The summed E-state index contributed by atoms with van der Waals surface area (Å²) in [6.45, 7) is 7.28. The maximum atomic E-state index is 12.9. The van der Waals surface area contributed by atoms with Gasteiger partial charge in [0.05, 0.1) is 18.4 Å². The highest BCUT2D eigenvalue weighted by Crippen LogP contribution is 2.33. The summed E-state index contributed by atoms with van der Waals surface area (Å²) in [7, 11) is 0. The van der Waals surface area contributed by atoms with Crippen molar-refractivity contribution in [2.75, 3.05) is 37.7 Å². The molecule has 0 atom stereocenters. The van der Waals surface area contributed by atoms with E-state index in [4.69, 9.17) is 4.74 Å². The zero-order valence-electron chi connectivity index (χ0n) is 16.0. The predicted molar refractivity (Wildman–Crippen MR) is 107 cm³/mol. The third-order valence-corrected chi connectivity index (χ3v) is 4.86. The fourth-order valence-corrected chi connectivity index (χ4v) is 3.47. The highest BCUT2D eigenvalue weighted by Gasteiger charge is 2.24. The van der Waals surface area contributed by atoms with Crippen molar-refractivity contribution in [2.24, 2.45) is 0 Å². The Morgan fingerprint density at radius 1 is 1.21 bits per heavy atom. The lowest BCUT2D eigenvalue weighted by Gasteiger charge is -2.28. The quantitative estimate of drug-likeness (QED) is 0.667. The van der Waals surface area contributed by atoms with Crippen molar-refractivity contribution in [3.8, 4) is 11.1 Å². The van der Waals surface area contributed by atoms with E-state index in [1.165, 1.54) is 10.7 Å². The Labute approximate surface area is 162 Å². The standard InChI is InChI=1S/C20H23N5O3/c1-3-28-20(27)15-12-25-17(19(26)22-15)16(14-6-4-13(2)5-7-14)18(23-25)24-10-8-21-9-11-24/h4-7,12,21H,3,8-11H2,1-2H3,(H,22,26). The van der Waals surface area contributed by atoms with E-state index in [0.717, 1.165) is 48.7 Å². The van der Waals surface area contributed by atoms with Crippen molar-refractivity contribution in [3.05, 3.63) is 52.1 Å². The number of benzene rings is 1. The highest BCUT2D eigenvalue weighted by molar-refractivity contribution is 5.91. The number of anilines is 1. The molecular formula is C20H23N5O3. The zero-order valence-corrected chi connectivity index (χ0v) is 16.0. The van der Waals surface area contributed by atoms with Crippen LogP contribution in [0, 0.1) is 6.92 Å². The van der Waals surface area contributed by atoms with Crippen LogP contribution in [0.25, 0.3) is 16.6 Å². The molecule has 0 aliphatic carbocycles. The minimum atomic E-state index is -0.572. The molecule has 0 radical (unpaired) electrons. The second kappa shape index (κ2) is 7.47. The second-order valence-electron chi connectivity index (χ2n) is 6.81. The number of carbonyl (C=O) groups is 1. The van der Waals surface area contributed by atoms with E-state index in [-0.39, 0.29) is 17.9 Å². The Bertz CT molecular complexity index is 1060. The number of carbonyl (C=O) groups excluding carboxylic acids is 1. The zero-order chi connectivity index (χ0) is 19.7. The largest absolute Gasteiger partial charge is 0.461 e. The van der Waals surface area contributed by atoms with Crippen LogP contribution >= 0.6 is 0 Å². The van der Waals surface area contributed by atoms with Gasteiger partial charge >= 0.3 is 5.97 Å². The number of aromatic nitrogens is 3. The SMILES string of the molecule is CCOC(=O)c1cn2nc(N3CCNCC3)c(-c3ccc(C)cc3)c2c(=O)[nH]1. The third-order valence-electron chi connectivity index (χ3n) is 4.86. The molecule has 8 heteroatoms. The van der Waals surface area contributed by atoms with Gasteiger partial charge in [0.2, 0.25) is 0 Å². The van der Waals surface area contributed by atoms with E-state index in [2.05, 4.69) is 20.3 Å². The van der Waals surface area contributed by atoms with E-state index >= 15 is 0 Å². The lowest BCUT2D eigenvalue weighted by Crippen LogP contribution is -2.43. The van der Waals surface area contributed by atoms with E-state index in [9.17, 15) is 9.59 Å². The van der Waals surface area contributed by atoms with E-state index in [0.29, 0.717) is 5.52 Å². The Morgan fingerprint density at radius 3 is 2.61 bits per heavy atom. The molecule has 3 aromatic rings. The number of hydrogen-bond acceptors (Lipinski definition) is 6. The Kier molecular flexibility index (Phi) is 4.87. The van der Waals surface area contributed by atoms with E-state index in [1.54, 1.807) is 6.92 Å². The lowest BCUT2D eigenvalue weighted by atomic mass is 10.0. The van der Waals surface area contributed by atoms with Gasteiger partial charge in [-0.2, -0.15) is 0 Å². The lowest BCUT2D eigenvalue weighted by molar-refractivity contribution is 0.0518. The summed E-state index contributed by atoms with van der Waals surface area (Å²) < 4.78 is 6.51. The van der Waals surface area contributed by atoms with Gasteiger partial charge in [0, 0.05) is 26.2 Å². The molecule has 2 N–H and O–H groups in total. The van der Waals surface area contributed by atoms with Gasteiger partial charge in [-0.3, -0.25) is 4.79 Å². The molecule has 28 heavy (non-hydrogen) atoms. The first kappa shape index (κ1) is 18.2. The summed E-state index contributed by atoms with van der Waals surface area (Å²) in [6.07, 6.45) is 1.53. The van der Waals surface area contributed by atoms with Crippen molar-refractivity contribution >= 4 is 17.3 Å². The van der Waals surface area contributed by atoms with Crippen molar-refractivity contribution in [3.63, 3.8) is 0 Å². The molecule has 1 fully saturated rings. The summed E-state index contributed by atoms with van der Waals surface area (Å²) in [4.78, 5) is 29.8. The number of rotatable bonds is 4. The molecule has 2 aromatic heterocycles. The van der Waals surface area contributed by atoms with Crippen LogP contribution in [-0.2, 0) is 4.74 Å². The monoisotopic (exact) mass is 381 g/mol. The molecule has 4 rings (SSSR count). The number of hydrogen-bond donors (Lipinski definition) is 2. The van der Waals surface area contributed by atoms with Crippen LogP contribution in [0.15, 0.2) is 35.3 Å². The number of aryl methyl sites for hydroxylation is 1. The second-order valence-corrected chi connectivity index (χ2v) is 6.81. The number of H-pyrrole nitrogens is 1. The molecule has 1 aliphatic heterocycles. The summed E-state index contributed by atoms with van der Waals surface area (Å²) in [5.41, 5.74) is 2.98. The van der Waals surface area contributed by atoms with Crippen LogP contribution in [0.5, 0.6) is 0 Å². The first-order chi connectivity index (χ1) is 13.6. The average Bonchev–Trinajstić information content (AvgIpc) is 3.09. The number of aromatic amines is 1. The maximum absolute atomic E-state index is 12.9. The number of nitrogens with zero attached hydrogens (tertiary/aromatic N) is 3. The van der Waals surface area contributed by atoms with Crippen LogP contribution in [0.4, 0.5) is 5.82 Å². The number of piperazine rings is 1. The topological polar surface area (TPSA) is 91.7 Å². The van der Waals surface area contributed by atoms with Gasteiger partial charge in [-0.05, 0) is 19.4 Å². The minimum absolute atomic E-state index is 0.0872. The van der Waals surface area contributed by atoms with Crippen LogP contribution in [0.3, 0.4) is 0 Å². The molecule has 1 saturated heterocycles. The highest BCUT2D eigenvalue weighted by atomic mass is 16.5. The fraction of sp³-hybridized carbons (Fsp3) is 0.350. The van der Waals surface area contributed by atoms with E-state index < -0.39 is 5.97 Å². The molecule has 0 saturated carbocycles. The minimum Gasteiger partial charge on any atom is -0.461 e. The van der Waals surface area contributed by atoms with Gasteiger partial charge in [0.15, 0.2) is 5.82 Å². The van der Waals surface area contributed by atoms with Gasteiger partial charge < -0.3 is 19.9 Å².